The second-order valence-corrected chi connectivity index (χ2v) is 8.46. The van der Waals surface area contributed by atoms with Gasteiger partial charge in [-0.05, 0) is 35.0 Å². The third-order valence-electron chi connectivity index (χ3n) is 6.18. The zero-order valence-corrected chi connectivity index (χ0v) is 19.9. The van der Waals surface area contributed by atoms with Crippen molar-refractivity contribution in [2.24, 2.45) is 0 Å². The number of rotatable bonds is 7. The van der Waals surface area contributed by atoms with E-state index in [1.165, 1.54) is 13.2 Å². The van der Waals surface area contributed by atoms with Gasteiger partial charge < -0.3 is 14.5 Å². The molecule has 0 saturated carbocycles. The minimum Gasteiger partial charge on any atom is -0.468 e. The molecule has 0 aliphatic carbocycles. The van der Waals surface area contributed by atoms with E-state index in [4.69, 9.17) is 0 Å². The van der Waals surface area contributed by atoms with Gasteiger partial charge in [0.25, 0.3) is 5.91 Å². The summed E-state index contributed by atoms with van der Waals surface area (Å²) in [5.41, 5.74) is 2.12. The molecule has 5 aromatic rings. The molecule has 0 saturated heterocycles. The van der Waals surface area contributed by atoms with Crippen LogP contribution in [0.4, 0.5) is 0 Å². The molecule has 2 aromatic heterocycles. The summed E-state index contributed by atoms with van der Waals surface area (Å²) in [7, 11) is 1.23. The van der Waals surface area contributed by atoms with E-state index in [-0.39, 0.29) is 29.4 Å². The van der Waals surface area contributed by atoms with Crippen LogP contribution in [0, 0.1) is 0 Å². The van der Waals surface area contributed by atoms with Crippen molar-refractivity contribution in [2.75, 3.05) is 13.7 Å². The van der Waals surface area contributed by atoms with E-state index in [1.54, 1.807) is 59.1 Å². The number of nitrogens with zero attached hydrogens (tertiary/aromatic N) is 1. The Labute approximate surface area is 212 Å². The van der Waals surface area contributed by atoms with Crippen LogP contribution in [0.25, 0.3) is 16.3 Å². The van der Waals surface area contributed by atoms with Gasteiger partial charge in [0.15, 0.2) is 5.78 Å². The third-order valence-corrected chi connectivity index (χ3v) is 6.18. The van der Waals surface area contributed by atoms with Crippen molar-refractivity contribution in [2.45, 2.75) is 0 Å². The molecule has 37 heavy (non-hydrogen) atoms. The summed E-state index contributed by atoms with van der Waals surface area (Å²) in [6.45, 7) is -0.330. The molecule has 7 nitrogen and oxygen atoms in total. The number of hydrogen-bond donors (Lipinski definition) is 1. The Kier molecular flexibility index (Phi) is 6.34. The molecular formula is C30H22N2O5. The topological polar surface area (TPSA) is 93.9 Å². The van der Waals surface area contributed by atoms with Crippen LogP contribution in [0.1, 0.15) is 42.3 Å². The number of methoxy groups -OCH3 is 1. The van der Waals surface area contributed by atoms with Crippen LogP contribution in [0.3, 0.4) is 0 Å². The van der Waals surface area contributed by atoms with Crippen LogP contribution < -0.4 is 5.32 Å². The number of nitrogens with one attached hydrogen (secondary N) is 1. The first-order chi connectivity index (χ1) is 18.0. The molecule has 182 valence electrons. The molecule has 0 spiro atoms. The molecule has 0 aliphatic rings. The maximum Gasteiger partial charge on any atom is 0.325 e. The minimum atomic E-state index is -0.607. The second kappa shape index (κ2) is 9.91. The lowest BCUT2D eigenvalue weighted by atomic mass is 10.0. The Morgan fingerprint density at radius 3 is 2.19 bits per heavy atom. The average Bonchev–Trinajstić information content (AvgIpc) is 3.34. The number of esters is 1. The fraction of sp³-hybridized carbons (Fsp3) is 0.0667. The lowest BCUT2D eigenvalue weighted by Gasteiger charge is -2.07. The van der Waals surface area contributed by atoms with E-state index in [2.05, 4.69) is 10.1 Å². The van der Waals surface area contributed by atoms with Crippen molar-refractivity contribution in [3.8, 4) is 0 Å². The fourth-order valence-corrected chi connectivity index (χ4v) is 4.25. The second-order valence-electron chi connectivity index (χ2n) is 8.46. The number of aromatic nitrogens is 1. The molecule has 0 atom stereocenters. The quantitative estimate of drug-likeness (QED) is 0.269. The van der Waals surface area contributed by atoms with Gasteiger partial charge in [-0.25, -0.2) is 0 Å². The summed E-state index contributed by atoms with van der Waals surface area (Å²) in [6, 6.07) is 26.6. The predicted octanol–water partition coefficient (Wildman–Crippen LogP) is 4.46. The SMILES string of the molecule is COC(=O)CNC(=O)c1cc(C(=O)c2ccc3ccccc3c2)n2ccc(C(=O)c3ccccc3)cc12. The fourth-order valence-electron chi connectivity index (χ4n) is 4.25. The first kappa shape index (κ1) is 23.7. The Morgan fingerprint density at radius 1 is 0.730 bits per heavy atom. The van der Waals surface area contributed by atoms with Crippen molar-refractivity contribution < 1.29 is 23.9 Å². The van der Waals surface area contributed by atoms with Gasteiger partial charge in [0.05, 0.1) is 23.9 Å². The zero-order chi connectivity index (χ0) is 25.9. The van der Waals surface area contributed by atoms with Crippen LogP contribution in [0.15, 0.2) is 97.2 Å². The number of carbonyl (C=O) groups is 4. The number of ketones is 2. The molecule has 0 unspecified atom stereocenters. The van der Waals surface area contributed by atoms with Crippen LogP contribution in [-0.4, -0.2) is 41.5 Å². The highest BCUT2D eigenvalue weighted by atomic mass is 16.5. The molecule has 0 bridgehead atoms. The van der Waals surface area contributed by atoms with Gasteiger partial charge >= 0.3 is 5.97 Å². The highest BCUT2D eigenvalue weighted by Gasteiger charge is 2.23. The Morgan fingerprint density at radius 2 is 1.43 bits per heavy atom. The van der Waals surface area contributed by atoms with E-state index >= 15 is 0 Å². The monoisotopic (exact) mass is 490 g/mol. The van der Waals surface area contributed by atoms with Gasteiger partial charge in [-0.1, -0.05) is 66.7 Å². The molecule has 0 fully saturated rings. The average molecular weight is 491 g/mol. The number of pyridine rings is 1. The van der Waals surface area contributed by atoms with E-state index < -0.39 is 11.9 Å². The summed E-state index contributed by atoms with van der Waals surface area (Å²) in [4.78, 5) is 51.3. The van der Waals surface area contributed by atoms with Crippen LogP contribution >= 0.6 is 0 Å². The van der Waals surface area contributed by atoms with Gasteiger partial charge in [-0.3, -0.25) is 19.2 Å². The molecule has 0 aliphatic heterocycles. The van der Waals surface area contributed by atoms with Crippen molar-refractivity contribution in [1.82, 2.24) is 9.72 Å². The van der Waals surface area contributed by atoms with Gasteiger partial charge in [-0.15, -0.1) is 0 Å². The smallest absolute Gasteiger partial charge is 0.325 e. The number of amides is 1. The molecule has 3 aromatic carbocycles. The van der Waals surface area contributed by atoms with E-state index in [1.807, 2.05) is 36.4 Å². The van der Waals surface area contributed by atoms with Crippen LogP contribution in [0.2, 0.25) is 0 Å². The van der Waals surface area contributed by atoms with Crippen LogP contribution in [0.5, 0.6) is 0 Å². The van der Waals surface area contributed by atoms with Gasteiger partial charge in [0.1, 0.15) is 6.54 Å². The zero-order valence-electron chi connectivity index (χ0n) is 19.9. The summed E-state index contributed by atoms with van der Waals surface area (Å²) < 4.78 is 6.19. The molecular weight excluding hydrogens is 468 g/mol. The summed E-state index contributed by atoms with van der Waals surface area (Å²) >= 11 is 0. The van der Waals surface area contributed by atoms with E-state index in [9.17, 15) is 19.2 Å². The number of hydrogen-bond acceptors (Lipinski definition) is 5. The molecule has 5 rings (SSSR count). The minimum absolute atomic E-state index is 0.163. The lowest BCUT2D eigenvalue weighted by molar-refractivity contribution is -0.139. The largest absolute Gasteiger partial charge is 0.468 e. The van der Waals surface area contributed by atoms with Gasteiger partial charge in [0, 0.05) is 22.9 Å². The number of ether oxygens (including phenoxy) is 1. The number of fused-ring (bicyclic) bond motifs is 2. The molecule has 1 amide bonds. The van der Waals surface area contributed by atoms with Crippen molar-refractivity contribution >= 4 is 39.7 Å². The lowest BCUT2D eigenvalue weighted by Crippen LogP contribution is -2.30. The first-order valence-electron chi connectivity index (χ1n) is 11.6. The molecule has 7 heteroatoms. The van der Waals surface area contributed by atoms with Crippen molar-refractivity contribution in [3.63, 3.8) is 0 Å². The normalized spacial score (nSPS) is 10.8. The van der Waals surface area contributed by atoms with Gasteiger partial charge in [-0.2, -0.15) is 0 Å². The Hall–Kier alpha value is -5.04. The predicted molar refractivity (Wildman–Crippen MR) is 139 cm³/mol. The van der Waals surface area contributed by atoms with Crippen LogP contribution in [-0.2, 0) is 9.53 Å². The van der Waals surface area contributed by atoms with Gasteiger partial charge in [0.2, 0.25) is 5.78 Å². The van der Waals surface area contributed by atoms with Crippen molar-refractivity contribution in [1.29, 1.82) is 0 Å². The number of benzene rings is 3. The molecule has 1 N–H and O–H groups in total. The summed E-state index contributed by atoms with van der Waals surface area (Å²) in [5.74, 6) is -1.67. The maximum absolute atomic E-state index is 13.6. The maximum atomic E-state index is 13.6. The van der Waals surface area contributed by atoms with Crippen molar-refractivity contribution in [3.05, 3.63) is 125 Å². The molecule has 2 heterocycles. The first-order valence-corrected chi connectivity index (χ1v) is 11.6. The Bertz CT molecular complexity index is 1680. The van der Waals surface area contributed by atoms with E-state index in [0.717, 1.165) is 10.8 Å². The summed E-state index contributed by atoms with van der Waals surface area (Å²) in [6.07, 6.45) is 1.61. The molecule has 0 radical (unpaired) electrons. The Balaban J connectivity index is 1.60. The highest BCUT2D eigenvalue weighted by molar-refractivity contribution is 6.14. The highest BCUT2D eigenvalue weighted by Crippen LogP contribution is 2.24. The standard InChI is InChI=1S/C30H22N2O5/c1-37-27(33)18-31-30(36)24-17-26(29(35)22-12-11-19-7-5-6-10-21(19)15-22)32-14-13-23(16-25(24)32)28(34)20-8-3-2-4-9-20/h2-17H,18H2,1H3,(H,31,36). The number of carbonyl (C=O) groups excluding carboxylic acids is 4. The summed E-state index contributed by atoms with van der Waals surface area (Å²) in [5, 5.41) is 4.44. The third kappa shape index (κ3) is 4.62. The van der Waals surface area contributed by atoms with E-state index in [0.29, 0.717) is 22.2 Å².